The first-order valence-corrected chi connectivity index (χ1v) is 7.77. The summed E-state index contributed by atoms with van der Waals surface area (Å²) in [5.41, 5.74) is 0.370. The van der Waals surface area contributed by atoms with E-state index in [4.69, 9.17) is 0 Å². The van der Waals surface area contributed by atoms with Crippen LogP contribution >= 0.6 is 0 Å². The Labute approximate surface area is 124 Å². The van der Waals surface area contributed by atoms with Crippen LogP contribution in [-0.4, -0.2) is 58.9 Å². The summed E-state index contributed by atoms with van der Waals surface area (Å²) in [5.74, 6) is -1.16. The van der Waals surface area contributed by atoms with Gasteiger partial charge in [0, 0.05) is 26.1 Å². The van der Waals surface area contributed by atoms with Gasteiger partial charge in [0.15, 0.2) is 0 Å². The molecule has 6 nitrogen and oxygen atoms in total. The molecule has 0 spiro atoms. The highest BCUT2D eigenvalue weighted by Crippen LogP contribution is 2.29. The SMILES string of the molecule is CC(=O)N1CCN=C2C(=O)N(C3CCCCC3)CC2C1=O. The molecule has 1 atom stereocenters. The smallest absolute Gasteiger partial charge is 0.268 e. The average Bonchev–Trinajstić information content (AvgIpc) is 2.70. The molecule has 2 heterocycles. The van der Waals surface area contributed by atoms with Crippen molar-refractivity contribution < 1.29 is 14.4 Å². The lowest BCUT2D eigenvalue weighted by Crippen LogP contribution is -2.42. The zero-order chi connectivity index (χ0) is 15.0. The average molecular weight is 291 g/mol. The van der Waals surface area contributed by atoms with Crippen molar-refractivity contribution in [2.45, 2.75) is 45.1 Å². The first-order valence-electron chi connectivity index (χ1n) is 7.77. The number of hydrogen-bond acceptors (Lipinski definition) is 4. The summed E-state index contributed by atoms with van der Waals surface area (Å²) in [6.07, 6.45) is 5.52. The van der Waals surface area contributed by atoms with E-state index in [1.54, 1.807) is 0 Å². The van der Waals surface area contributed by atoms with Gasteiger partial charge in [0.05, 0.1) is 6.54 Å². The fourth-order valence-electron chi connectivity index (χ4n) is 3.62. The van der Waals surface area contributed by atoms with Crippen molar-refractivity contribution in [1.82, 2.24) is 9.80 Å². The molecular formula is C15H21N3O3. The van der Waals surface area contributed by atoms with E-state index in [1.165, 1.54) is 18.2 Å². The monoisotopic (exact) mass is 291 g/mol. The van der Waals surface area contributed by atoms with Gasteiger partial charge in [-0.05, 0) is 12.8 Å². The topological polar surface area (TPSA) is 70.1 Å². The second-order valence-electron chi connectivity index (χ2n) is 6.08. The Hall–Kier alpha value is -1.72. The Morgan fingerprint density at radius 1 is 1.19 bits per heavy atom. The number of carbonyl (C=O) groups is 3. The summed E-state index contributed by atoms with van der Waals surface area (Å²) in [4.78, 5) is 44.0. The van der Waals surface area contributed by atoms with E-state index < -0.39 is 5.92 Å². The van der Waals surface area contributed by atoms with Crippen LogP contribution in [0, 0.1) is 5.92 Å². The number of aliphatic imine (C=N–C) groups is 1. The number of nitrogens with zero attached hydrogens (tertiary/aromatic N) is 3. The standard InChI is InChI=1S/C15H21N3O3/c1-10(19)17-8-7-16-13-12(14(17)20)9-18(15(13)21)11-5-3-2-4-6-11/h11-12H,2-9H2,1H3. The van der Waals surface area contributed by atoms with Crippen molar-refractivity contribution in [3.8, 4) is 0 Å². The highest BCUT2D eigenvalue weighted by Gasteiger charge is 2.46. The first kappa shape index (κ1) is 14.2. The fourth-order valence-corrected chi connectivity index (χ4v) is 3.62. The van der Waals surface area contributed by atoms with Crippen molar-refractivity contribution in [1.29, 1.82) is 0 Å². The molecule has 1 unspecified atom stereocenters. The van der Waals surface area contributed by atoms with Crippen LogP contribution in [0.3, 0.4) is 0 Å². The van der Waals surface area contributed by atoms with Gasteiger partial charge in [0.2, 0.25) is 11.8 Å². The van der Waals surface area contributed by atoms with Crippen molar-refractivity contribution in [3.63, 3.8) is 0 Å². The van der Waals surface area contributed by atoms with Crippen LogP contribution < -0.4 is 0 Å². The Balaban J connectivity index is 1.82. The Kier molecular flexibility index (Phi) is 3.78. The second kappa shape index (κ2) is 5.58. The minimum Gasteiger partial charge on any atom is -0.333 e. The van der Waals surface area contributed by atoms with E-state index in [0.29, 0.717) is 18.8 Å². The van der Waals surface area contributed by atoms with Gasteiger partial charge in [-0.3, -0.25) is 24.3 Å². The third kappa shape index (κ3) is 2.47. The predicted octanol–water partition coefficient (Wildman–Crippen LogP) is 0.607. The summed E-state index contributed by atoms with van der Waals surface area (Å²) in [6.45, 7) is 2.40. The van der Waals surface area contributed by atoms with Crippen molar-refractivity contribution >= 4 is 23.4 Å². The van der Waals surface area contributed by atoms with Gasteiger partial charge in [-0.1, -0.05) is 19.3 Å². The minimum absolute atomic E-state index is 0.0920. The number of imide groups is 1. The zero-order valence-corrected chi connectivity index (χ0v) is 12.4. The number of hydrogen-bond donors (Lipinski definition) is 0. The molecule has 1 saturated heterocycles. The lowest BCUT2D eigenvalue weighted by atomic mass is 9.94. The predicted molar refractivity (Wildman–Crippen MR) is 76.8 cm³/mol. The van der Waals surface area contributed by atoms with E-state index in [9.17, 15) is 14.4 Å². The molecule has 0 radical (unpaired) electrons. The van der Waals surface area contributed by atoms with Gasteiger partial charge in [-0.15, -0.1) is 0 Å². The van der Waals surface area contributed by atoms with Gasteiger partial charge in [-0.25, -0.2) is 0 Å². The molecule has 0 aromatic carbocycles. The molecular weight excluding hydrogens is 270 g/mol. The molecule has 6 heteroatoms. The minimum atomic E-state index is -0.550. The Bertz CT molecular complexity index is 508. The quantitative estimate of drug-likeness (QED) is 0.710. The fraction of sp³-hybridized carbons (Fsp3) is 0.733. The summed E-state index contributed by atoms with van der Waals surface area (Å²) in [7, 11) is 0. The van der Waals surface area contributed by atoms with Crippen LogP contribution in [0.15, 0.2) is 4.99 Å². The van der Waals surface area contributed by atoms with E-state index in [0.717, 1.165) is 25.7 Å². The first-order chi connectivity index (χ1) is 10.1. The van der Waals surface area contributed by atoms with Gasteiger partial charge in [-0.2, -0.15) is 0 Å². The van der Waals surface area contributed by atoms with Crippen LogP contribution in [0.4, 0.5) is 0 Å². The molecule has 2 fully saturated rings. The number of carbonyl (C=O) groups excluding carboxylic acids is 3. The molecule has 0 aromatic heterocycles. The van der Waals surface area contributed by atoms with Crippen LogP contribution in [0.2, 0.25) is 0 Å². The third-order valence-corrected chi connectivity index (χ3v) is 4.75. The van der Waals surface area contributed by atoms with Crippen molar-refractivity contribution in [2.75, 3.05) is 19.6 Å². The van der Waals surface area contributed by atoms with Crippen LogP contribution in [0.1, 0.15) is 39.0 Å². The molecule has 2 aliphatic heterocycles. The highest BCUT2D eigenvalue weighted by atomic mass is 16.2. The Morgan fingerprint density at radius 2 is 1.90 bits per heavy atom. The zero-order valence-electron chi connectivity index (χ0n) is 12.4. The lowest BCUT2D eigenvalue weighted by Gasteiger charge is -2.31. The lowest BCUT2D eigenvalue weighted by molar-refractivity contribution is -0.144. The number of rotatable bonds is 1. The summed E-state index contributed by atoms with van der Waals surface area (Å²) < 4.78 is 0. The molecule has 0 N–H and O–H groups in total. The summed E-state index contributed by atoms with van der Waals surface area (Å²) in [5, 5.41) is 0. The normalized spacial score (nSPS) is 27.5. The maximum absolute atomic E-state index is 12.6. The Morgan fingerprint density at radius 3 is 2.57 bits per heavy atom. The van der Waals surface area contributed by atoms with E-state index in [-0.39, 0.29) is 30.3 Å². The van der Waals surface area contributed by atoms with Gasteiger partial charge in [0.1, 0.15) is 11.6 Å². The molecule has 114 valence electrons. The van der Waals surface area contributed by atoms with Crippen LogP contribution in [-0.2, 0) is 14.4 Å². The number of fused-ring (bicyclic) bond motifs is 1. The van der Waals surface area contributed by atoms with Gasteiger partial charge >= 0.3 is 0 Å². The van der Waals surface area contributed by atoms with Gasteiger partial charge < -0.3 is 4.90 Å². The molecule has 3 aliphatic rings. The molecule has 1 saturated carbocycles. The molecule has 1 aliphatic carbocycles. The molecule has 0 bridgehead atoms. The van der Waals surface area contributed by atoms with Crippen molar-refractivity contribution in [3.05, 3.63) is 0 Å². The van der Waals surface area contributed by atoms with E-state index in [2.05, 4.69) is 4.99 Å². The van der Waals surface area contributed by atoms with E-state index >= 15 is 0 Å². The summed E-state index contributed by atoms with van der Waals surface area (Å²) in [6, 6.07) is 0.236. The largest absolute Gasteiger partial charge is 0.333 e. The third-order valence-electron chi connectivity index (χ3n) is 4.75. The highest BCUT2D eigenvalue weighted by molar-refractivity contribution is 6.45. The summed E-state index contributed by atoms with van der Waals surface area (Å²) >= 11 is 0. The molecule has 3 amide bonds. The van der Waals surface area contributed by atoms with Crippen LogP contribution in [0.25, 0.3) is 0 Å². The number of amides is 3. The molecule has 3 rings (SSSR count). The molecule has 0 aromatic rings. The van der Waals surface area contributed by atoms with Crippen molar-refractivity contribution in [2.24, 2.45) is 10.9 Å². The molecule has 21 heavy (non-hydrogen) atoms. The van der Waals surface area contributed by atoms with Crippen LogP contribution in [0.5, 0.6) is 0 Å². The number of likely N-dealkylation sites (tertiary alicyclic amines) is 1. The van der Waals surface area contributed by atoms with Gasteiger partial charge in [0.25, 0.3) is 5.91 Å². The second-order valence-corrected chi connectivity index (χ2v) is 6.08. The maximum atomic E-state index is 12.6. The van der Waals surface area contributed by atoms with E-state index in [1.807, 2.05) is 4.90 Å². The maximum Gasteiger partial charge on any atom is 0.268 e.